The molecule has 0 aliphatic carbocycles. The molecule has 1 aliphatic heterocycles. The Morgan fingerprint density at radius 3 is 2.48 bits per heavy atom. The van der Waals surface area contributed by atoms with Gasteiger partial charge in [0.1, 0.15) is 6.04 Å². The van der Waals surface area contributed by atoms with Crippen LogP contribution in [0.25, 0.3) is 10.9 Å². The van der Waals surface area contributed by atoms with Crippen molar-refractivity contribution in [3.8, 4) is 0 Å². The highest BCUT2D eigenvalue weighted by Gasteiger charge is 2.29. The van der Waals surface area contributed by atoms with Gasteiger partial charge >= 0.3 is 5.69 Å². The molecule has 0 bridgehead atoms. The second-order valence-electron chi connectivity index (χ2n) is 6.08. The van der Waals surface area contributed by atoms with Gasteiger partial charge in [-0.05, 0) is 25.5 Å². The van der Waals surface area contributed by atoms with Crippen LogP contribution in [0.2, 0.25) is 0 Å². The molecule has 134 valence electrons. The zero-order valence-corrected chi connectivity index (χ0v) is 14.6. The predicted molar refractivity (Wildman–Crippen MR) is 94.9 cm³/mol. The van der Waals surface area contributed by atoms with E-state index in [1.807, 2.05) is 6.92 Å². The second kappa shape index (κ2) is 7.23. The summed E-state index contributed by atoms with van der Waals surface area (Å²) in [5.41, 5.74) is -0.233. The lowest BCUT2D eigenvalue weighted by Gasteiger charge is -2.31. The average Bonchev–Trinajstić information content (AvgIpc) is 2.66. The molecule has 2 aromatic rings. The highest BCUT2D eigenvalue weighted by atomic mass is 16.5. The van der Waals surface area contributed by atoms with Gasteiger partial charge in [-0.15, -0.1) is 0 Å². The van der Waals surface area contributed by atoms with E-state index in [2.05, 4.69) is 0 Å². The van der Waals surface area contributed by atoms with Crippen LogP contribution in [0, 0.1) is 0 Å². The summed E-state index contributed by atoms with van der Waals surface area (Å²) < 4.78 is 7.98. The average molecular weight is 345 g/mol. The molecule has 1 aromatic heterocycles. The molecule has 1 aliphatic rings. The SMILES string of the molecule is CCC(C(=O)N1CCOCC1)n1c(=O)n(CC)c(=O)c2ccccc21. The zero-order valence-electron chi connectivity index (χ0n) is 14.6. The second-order valence-corrected chi connectivity index (χ2v) is 6.08. The number of morpholine rings is 1. The van der Waals surface area contributed by atoms with E-state index < -0.39 is 11.7 Å². The van der Waals surface area contributed by atoms with Gasteiger partial charge in [-0.3, -0.25) is 18.7 Å². The maximum absolute atomic E-state index is 13.0. The molecule has 1 unspecified atom stereocenters. The van der Waals surface area contributed by atoms with Crippen molar-refractivity contribution in [3.05, 3.63) is 45.1 Å². The Morgan fingerprint density at radius 2 is 1.84 bits per heavy atom. The van der Waals surface area contributed by atoms with Crippen LogP contribution in [-0.4, -0.2) is 46.2 Å². The normalized spacial score (nSPS) is 16.2. The van der Waals surface area contributed by atoms with Crippen LogP contribution in [0.5, 0.6) is 0 Å². The number of hydrogen-bond acceptors (Lipinski definition) is 4. The number of para-hydroxylation sites is 1. The molecule has 0 spiro atoms. The van der Waals surface area contributed by atoms with Crippen LogP contribution in [0.1, 0.15) is 26.3 Å². The number of ether oxygens (including phenoxy) is 1. The maximum atomic E-state index is 13.0. The number of aromatic nitrogens is 2. The molecule has 0 N–H and O–H groups in total. The number of amides is 1. The van der Waals surface area contributed by atoms with Crippen LogP contribution in [-0.2, 0) is 16.1 Å². The number of carbonyl (C=O) groups is 1. The highest BCUT2D eigenvalue weighted by molar-refractivity contribution is 5.84. The van der Waals surface area contributed by atoms with Gasteiger partial charge in [0.2, 0.25) is 5.91 Å². The topological polar surface area (TPSA) is 73.5 Å². The maximum Gasteiger partial charge on any atom is 0.332 e. The first kappa shape index (κ1) is 17.4. The molecule has 1 fully saturated rings. The standard InChI is InChI=1S/C18H23N3O4/c1-3-14(17(23)19-9-11-25-12-10-19)21-15-8-6-5-7-13(15)16(22)20(4-2)18(21)24/h5-8,14H,3-4,9-12H2,1-2H3. The van der Waals surface area contributed by atoms with Gasteiger partial charge in [0.05, 0.1) is 24.1 Å². The molecule has 1 amide bonds. The number of fused-ring (bicyclic) bond motifs is 1. The minimum atomic E-state index is -0.631. The zero-order chi connectivity index (χ0) is 18.0. The molecule has 2 heterocycles. The minimum Gasteiger partial charge on any atom is -0.378 e. The molecular formula is C18H23N3O4. The van der Waals surface area contributed by atoms with E-state index >= 15 is 0 Å². The van der Waals surface area contributed by atoms with Crippen LogP contribution in [0.3, 0.4) is 0 Å². The summed E-state index contributed by atoms with van der Waals surface area (Å²) in [7, 11) is 0. The third-order valence-electron chi connectivity index (χ3n) is 4.70. The molecule has 7 heteroatoms. The van der Waals surface area contributed by atoms with E-state index in [0.717, 1.165) is 0 Å². The summed E-state index contributed by atoms with van der Waals surface area (Å²) in [6.07, 6.45) is 0.474. The van der Waals surface area contributed by atoms with E-state index in [1.165, 1.54) is 9.13 Å². The lowest BCUT2D eigenvalue weighted by molar-refractivity contribution is -0.139. The summed E-state index contributed by atoms with van der Waals surface area (Å²) in [6.45, 7) is 5.96. The Bertz CT molecular complexity index is 893. The van der Waals surface area contributed by atoms with Crippen LogP contribution in [0.4, 0.5) is 0 Å². The number of rotatable bonds is 4. The van der Waals surface area contributed by atoms with Crippen molar-refractivity contribution in [2.24, 2.45) is 0 Å². The van der Waals surface area contributed by atoms with E-state index in [4.69, 9.17) is 4.74 Å². The molecule has 7 nitrogen and oxygen atoms in total. The van der Waals surface area contributed by atoms with E-state index in [9.17, 15) is 14.4 Å². The van der Waals surface area contributed by atoms with Crippen molar-refractivity contribution in [2.45, 2.75) is 32.9 Å². The summed E-state index contributed by atoms with van der Waals surface area (Å²) in [6, 6.07) is 6.34. The van der Waals surface area contributed by atoms with Crippen molar-refractivity contribution in [2.75, 3.05) is 26.3 Å². The Morgan fingerprint density at radius 1 is 1.16 bits per heavy atom. The van der Waals surface area contributed by atoms with Crippen LogP contribution in [0.15, 0.2) is 33.9 Å². The molecule has 1 aromatic carbocycles. The quantitative estimate of drug-likeness (QED) is 0.828. The Balaban J connectivity index is 2.20. The Kier molecular flexibility index (Phi) is 5.03. The van der Waals surface area contributed by atoms with Crippen molar-refractivity contribution >= 4 is 16.8 Å². The predicted octanol–water partition coefficient (Wildman–Crippen LogP) is 0.993. The van der Waals surface area contributed by atoms with Crippen LogP contribution >= 0.6 is 0 Å². The molecule has 0 radical (unpaired) electrons. The fourth-order valence-corrected chi connectivity index (χ4v) is 3.37. The van der Waals surface area contributed by atoms with Crippen molar-refractivity contribution < 1.29 is 9.53 Å². The van der Waals surface area contributed by atoms with E-state index in [0.29, 0.717) is 43.6 Å². The molecule has 3 rings (SSSR count). The molecular weight excluding hydrogens is 322 g/mol. The Labute approximate surface area is 145 Å². The van der Waals surface area contributed by atoms with E-state index in [-0.39, 0.29) is 18.0 Å². The third kappa shape index (κ3) is 3.00. The first-order valence-corrected chi connectivity index (χ1v) is 8.70. The largest absolute Gasteiger partial charge is 0.378 e. The minimum absolute atomic E-state index is 0.0978. The lowest BCUT2D eigenvalue weighted by Crippen LogP contribution is -2.48. The van der Waals surface area contributed by atoms with Gasteiger partial charge in [0, 0.05) is 19.6 Å². The van der Waals surface area contributed by atoms with E-state index in [1.54, 1.807) is 36.1 Å². The summed E-state index contributed by atoms with van der Waals surface area (Å²) in [5.74, 6) is -0.0978. The number of nitrogens with zero attached hydrogens (tertiary/aromatic N) is 3. The first-order valence-electron chi connectivity index (χ1n) is 8.70. The fraction of sp³-hybridized carbons (Fsp3) is 0.500. The molecule has 0 saturated carbocycles. The smallest absolute Gasteiger partial charge is 0.332 e. The monoisotopic (exact) mass is 345 g/mol. The number of benzene rings is 1. The fourth-order valence-electron chi connectivity index (χ4n) is 3.37. The van der Waals surface area contributed by atoms with Gasteiger partial charge in [-0.25, -0.2) is 4.79 Å². The molecule has 25 heavy (non-hydrogen) atoms. The highest BCUT2D eigenvalue weighted by Crippen LogP contribution is 2.19. The van der Waals surface area contributed by atoms with Gasteiger partial charge in [0.15, 0.2) is 0 Å². The summed E-state index contributed by atoms with van der Waals surface area (Å²) in [4.78, 5) is 40.3. The van der Waals surface area contributed by atoms with Crippen molar-refractivity contribution in [3.63, 3.8) is 0 Å². The van der Waals surface area contributed by atoms with Crippen molar-refractivity contribution in [1.29, 1.82) is 0 Å². The number of carbonyl (C=O) groups excluding carboxylic acids is 1. The lowest BCUT2D eigenvalue weighted by atomic mass is 10.1. The van der Waals surface area contributed by atoms with Gasteiger partial charge in [0.25, 0.3) is 5.56 Å². The van der Waals surface area contributed by atoms with Gasteiger partial charge < -0.3 is 9.64 Å². The summed E-state index contributed by atoms with van der Waals surface area (Å²) >= 11 is 0. The van der Waals surface area contributed by atoms with Gasteiger partial charge in [-0.1, -0.05) is 19.1 Å². The van der Waals surface area contributed by atoms with Crippen molar-refractivity contribution in [1.82, 2.24) is 14.0 Å². The number of hydrogen-bond donors (Lipinski definition) is 0. The van der Waals surface area contributed by atoms with Crippen LogP contribution < -0.4 is 11.2 Å². The summed E-state index contributed by atoms with van der Waals surface area (Å²) in [5, 5.41) is 0.456. The third-order valence-corrected chi connectivity index (χ3v) is 4.70. The van der Waals surface area contributed by atoms with Gasteiger partial charge in [-0.2, -0.15) is 0 Å². The Hall–Kier alpha value is -2.41. The first-order chi connectivity index (χ1) is 12.1. The molecule has 1 saturated heterocycles. The molecule has 1 atom stereocenters.